The molecule has 1 aromatic rings. The number of ether oxygens (including phenoxy) is 1. The fourth-order valence-corrected chi connectivity index (χ4v) is 2.48. The molecule has 0 aliphatic carbocycles. The second-order valence-electron chi connectivity index (χ2n) is 5.10. The minimum atomic E-state index is -0.414. The summed E-state index contributed by atoms with van der Waals surface area (Å²) in [6.07, 6.45) is 1.39. The highest BCUT2D eigenvalue weighted by atomic mass is 16.5. The summed E-state index contributed by atoms with van der Waals surface area (Å²) in [4.78, 5) is 14.1. The van der Waals surface area contributed by atoms with Gasteiger partial charge in [0.2, 0.25) is 0 Å². The Hall–Kier alpha value is -1.39. The van der Waals surface area contributed by atoms with Crippen molar-refractivity contribution in [2.75, 3.05) is 13.1 Å². The first-order valence-electron chi connectivity index (χ1n) is 6.79. The lowest BCUT2D eigenvalue weighted by molar-refractivity contribution is -0.150. The molecular formula is C15H21NO3. The smallest absolute Gasteiger partial charge is 0.323 e. The SMILES string of the molecule is CC(O)CN1CCC[C@H]1C(=O)OCc1ccccc1. The number of β-amino-alcohol motifs (C(OH)–C–C–N with tert-alkyl or cyclic N) is 1. The van der Waals surface area contributed by atoms with E-state index in [4.69, 9.17) is 4.74 Å². The summed E-state index contributed by atoms with van der Waals surface area (Å²) in [6.45, 7) is 3.45. The Bertz CT molecular complexity index is 405. The molecule has 1 aromatic carbocycles. The van der Waals surface area contributed by atoms with Crippen molar-refractivity contribution in [3.63, 3.8) is 0 Å². The molecular weight excluding hydrogens is 242 g/mol. The molecule has 2 atom stereocenters. The highest BCUT2D eigenvalue weighted by Gasteiger charge is 2.32. The van der Waals surface area contributed by atoms with E-state index in [9.17, 15) is 9.90 Å². The van der Waals surface area contributed by atoms with Crippen LogP contribution in [0.5, 0.6) is 0 Å². The van der Waals surface area contributed by atoms with Gasteiger partial charge in [0.05, 0.1) is 6.10 Å². The molecule has 104 valence electrons. The zero-order valence-corrected chi connectivity index (χ0v) is 11.3. The summed E-state index contributed by atoms with van der Waals surface area (Å²) >= 11 is 0. The highest BCUT2D eigenvalue weighted by molar-refractivity contribution is 5.76. The molecule has 0 radical (unpaired) electrons. The molecule has 0 amide bonds. The quantitative estimate of drug-likeness (QED) is 0.819. The topological polar surface area (TPSA) is 49.8 Å². The molecule has 0 bridgehead atoms. The fraction of sp³-hybridized carbons (Fsp3) is 0.533. The Morgan fingerprint density at radius 1 is 1.47 bits per heavy atom. The number of carbonyl (C=O) groups is 1. The van der Waals surface area contributed by atoms with E-state index in [2.05, 4.69) is 0 Å². The second-order valence-corrected chi connectivity index (χ2v) is 5.10. The summed E-state index contributed by atoms with van der Waals surface area (Å²) in [7, 11) is 0. The van der Waals surface area contributed by atoms with E-state index in [0.717, 1.165) is 24.9 Å². The number of benzene rings is 1. The van der Waals surface area contributed by atoms with Crippen LogP contribution in [0.25, 0.3) is 0 Å². The van der Waals surface area contributed by atoms with E-state index in [-0.39, 0.29) is 12.0 Å². The summed E-state index contributed by atoms with van der Waals surface area (Å²) in [5, 5.41) is 9.43. The Morgan fingerprint density at radius 3 is 2.89 bits per heavy atom. The van der Waals surface area contributed by atoms with Crippen molar-refractivity contribution in [3.05, 3.63) is 35.9 Å². The molecule has 4 nitrogen and oxygen atoms in total. The first-order chi connectivity index (χ1) is 9.16. The van der Waals surface area contributed by atoms with Gasteiger partial charge in [0, 0.05) is 6.54 Å². The number of rotatable bonds is 5. The summed E-state index contributed by atoms with van der Waals surface area (Å²) in [6, 6.07) is 9.48. The van der Waals surface area contributed by atoms with Crippen LogP contribution in [0.15, 0.2) is 30.3 Å². The molecule has 4 heteroatoms. The van der Waals surface area contributed by atoms with Gasteiger partial charge in [-0.2, -0.15) is 0 Å². The van der Waals surface area contributed by atoms with Crippen molar-refractivity contribution in [2.45, 2.75) is 38.5 Å². The van der Waals surface area contributed by atoms with Gasteiger partial charge < -0.3 is 9.84 Å². The lowest BCUT2D eigenvalue weighted by Crippen LogP contribution is -2.40. The highest BCUT2D eigenvalue weighted by Crippen LogP contribution is 2.19. The van der Waals surface area contributed by atoms with Crippen molar-refractivity contribution >= 4 is 5.97 Å². The van der Waals surface area contributed by atoms with Crippen molar-refractivity contribution in [1.29, 1.82) is 0 Å². The number of esters is 1. The van der Waals surface area contributed by atoms with Crippen LogP contribution in [0.1, 0.15) is 25.3 Å². The van der Waals surface area contributed by atoms with Gasteiger partial charge in [0.1, 0.15) is 12.6 Å². The first kappa shape index (κ1) is 14.0. The number of carbonyl (C=O) groups excluding carboxylic acids is 1. The van der Waals surface area contributed by atoms with E-state index in [1.54, 1.807) is 6.92 Å². The maximum absolute atomic E-state index is 12.1. The summed E-state index contributed by atoms with van der Waals surface area (Å²) in [5.74, 6) is -0.179. The third-order valence-electron chi connectivity index (χ3n) is 3.36. The molecule has 0 spiro atoms. The van der Waals surface area contributed by atoms with Gasteiger partial charge in [-0.25, -0.2) is 0 Å². The minimum absolute atomic E-state index is 0.179. The molecule has 2 rings (SSSR count). The molecule has 1 unspecified atom stereocenters. The lowest BCUT2D eigenvalue weighted by atomic mass is 10.2. The van der Waals surface area contributed by atoms with Crippen LogP contribution in [-0.4, -0.2) is 41.2 Å². The second kappa shape index (κ2) is 6.68. The van der Waals surface area contributed by atoms with E-state index in [1.165, 1.54) is 0 Å². The number of aliphatic hydroxyl groups is 1. The molecule has 1 N–H and O–H groups in total. The van der Waals surface area contributed by atoms with Crippen molar-refractivity contribution in [1.82, 2.24) is 4.90 Å². The molecule has 1 fully saturated rings. The maximum Gasteiger partial charge on any atom is 0.323 e. The van der Waals surface area contributed by atoms with E-state index in [1.807, 2.05) is 35.2 Å². The van der Waals surface area contributed by atoms with Crippen LogP contribution >= 0.6 is 0 Å². The van der Waals surface area contributed by atoms with E-state index in [0.29, 0.717) is 13.2 Å². The van der Waals surface area contributed by atoms with Crippen LogP contribution in [0.4, 0.5) is 0 Å². The maximum atomic E-state index is 12.1. The van der Waals surface area contributed by atoms with Crippen LogP contribution in [-0.2, 0) is 16.1 Å². The van der Waals surface area contributed by atoms with Gasteiger partial charge in [-0.05, 0) is 31.9 Å². The fourth-order valence-electron chi connectivity index (χ4n) is 2.48. The lowest BCUT2D eigenvalue weighted by Gasteiger charge is -2.24. The van der Waals surface area contributed by atoms with Gasteiger partial charge in [0.25, 0.3) is 0 Å². The third-order valence-corrected chi connectivity index (χ3v) is 3.36. The molecule has 1 aliphatic heterocycles. The predicted octanol–water partition coefficient (Wildman–Crippen LogP) is 1.57. The average molecular weight is 263 g/mol. The average Bonchev–Trinajstić information content (AvgIpc) is 2.84. The van der Waals surface area contributed by atoms with E-state index >= 15 is 0 Å². The number of likely N-dealkylation sites (tertiary alicyclic amines) is 1. The number of aliphatic hydroxyl groups excluding tert-OH is 1. The van der Waals surface area contributed by atoms with Crippen LogP contribution in [0.2, 0.25) is 0 Å². The Morgan fingerprint density at radius 2 is 2.21 bits per heavy atom. The molecule has 1 heterocycles. The van der Waals surface area contributed by atoms with Crippen LogP contribution in [0.3, 0.4) is 0 Å². The molecule has 0 aromatic heterocycles. The molecule has 19 heavy (non-hydrogen) atoms. The van der Waals surface area contributed by atoms with Gasteiger partial charge in [-0.1, -0.05) is 30.3 Å². The van der Waals surface area contributed by atoms with Gasteiger partial charge >= 0.3 is 5.97 Å². The monoisotopic (exact) mass is 263 g/mol. The zero-order valence-electron chi connectivity index (χ0n) is 11.3. The predicted molar refractivity (Wildman–Crippen MR) is 72.5 cm³/mol. The minimum Gasteiger partial charge on any atom is -0.460 e. The largest absolute Gasteiger partial charge is 0.460 e. The molecule has 0 saturated carbocycles. The van der Waals surface area contributed by atoms with Crippen molar-refractivity contribution < 1.29 is 14.6 Å². The normalized spacial score (nSPS) is 21.3. The van der Waals surface area contributed by atoms with Gasteiger partial charge in [-0.15, -0.1) is 0 Å². The Balaban J connectivity index is 1.85. The van der Waals surface area contributed by atoms with Crippen LogP contribution < -0.4 is 0 Å². The van der Waals surface area contributed by atoms with Crippen molar-refractivity contribution in [3.8, 4) is 0 Å². The Labute approximate surface area is 114 Å². The molecule has 1 saturated heterocycles. The van der Waals surface area contributed by atoms with Gasteiger partial charge in [-0.3, -0.25) is 9.69 Å². The first-order valence-corrected chi connectivity index (χ1v) is 6.79. The summed E-state index contributed by atoms with van der Waals surface area (Å²) in [5.41, 5.74) is 0.996. The van der Waals surface area contributed by atoms with Gasteiger partial charge in [0.15, 0.2) is 0 Å². The number of nitrogens with zero attached hydrogens (tertiary/aromatic N) is 1. The van der Waals surface area contributed by atoms with E-state index < -0.39 is 6.10 Å². The summed E-state index contributed by atoms with van der Waals surface area (Å²) < 4.78 is 5.36. The van der Waals surface area contributed by atoms with Crippen molar-refractivity contribution in [2.24, 2.45) is 0 Å². The molecule has 1 aliphatic rings. The van der Waals surface area contributed by atoms with Crippen LogP contribution in [0, 0.1) is 0 Å². The number of hydrogen-bond acceptors (Lipinski definition) is 4. The standard InChI is InChI=1S/C15H21NO3/c1-12(17)10-16-9-5-8-14(16)15(18)19-11-13-6-3-2-4-7-13/h2-4,6-7,12,14,17H,5,8-11H2,1H3/t12?,14-/m0/s1. The Kier molecular flexibility index (Phi) is 4.93. The third kappa shape index (κ3) is 4.04. The number of hydrogen-bond donors (Lipinski definition) is 1. The zero-order chi connectivity index (χ0) is 13.7.